The number of amides is 1. The molecule has 1 aliphatic heterocycles. The minimum absolute atomic E-state index is 0.0169. The Hall–Kier alpha value is -1.07. The Morgan fingerprint density at radius 2 is 2.25 bits per heavy atom. The van der Waals surface area contributed by atoms with E-state index in [1.165, 1.54) is 11.3 Å². The third-order valence-electron chi connectivity index (χ3n) is 2.74. The lowest BCUT2D eigenvalue weighted by Crippen LogP contribution is -2.38. The van der Waals surface area contributed by atoms with Crippen LogP contribution in [-0.4, -0.2) is 25.2 Å². The summed E-state index contributed by atoms with van der Waals surface area (Å²) in [5, 5.41) is 3.01. The van der Waals surface area contributed by atoms with E-state index >= 15 is 0 Å². The minimum Gasteiger partial charge on any atom is -0.398 e. The van der Waals surface area contributed by atoms with Crippen molar-refractivity contribution in [3.05, 3.63) is 15.8 Å². The number of aryl methyl sites for hydroxylation is 1. The van der Waals surface area contributed by atoms with Crippen LogP contribution in [0.1, 0.15) is 27.4 Å². The average molecular weight is 240 g/mol. The van der Waals surface area contributed by atoms with Gasteiger partial charge < -0.3 is 15.8 Å². The van der Waals surface area contributed by atoms with Crippen LogP contribution < -0.4 is 11.1 Å². The Bertz CT molecular complexity index is 364. The van der Waals surface area contributed by atoms with Crippen molar-refractivity contribution in [2.24, 2.45) is 0 Å². The topological polar surface area (TPSA) is 64.3 Å². The summed E-state index contributed by atoms with van der Waals surface area (Å²) in [7, 11) is 0. The van der Waals surface area contributed by atoms with Crippen molar-refractivity contribution in [1.29, 1.82) is 0 Å². The number of nitrogen functional groups attached to an aromatic ring is 1. The van der Waals surface area contributed by atoms with Crippen molar-refractivity contribution in [2.75, 3.05) is 18.9 Å². The molecule has 88 valence electrons. The third-order valence-corrected chi connectivity index (χ3v) is 3.80. The SMILES string of the molecule is Cc1sc(C(=O)NC2CCOCC2)cc1N. The maximum absolute atomic E-state index is 11.9. The van der Waals surface area contributed by atoms with Crippen molar-refractivity contribution in [3.8, 4) is 0 Å². The fourth-order valence-corrected chi connectivity index (χ4v) is 2.55. The first kappa shape index (κ1) is 11.4. The standard InChI is InChI=1S/C11H16N2O2S/c1-7-9(12)6-10(16-7)11(14)13-8-2-4-15-5-3-8/h6,8H,2-5,12H2,1H3,(H,13,14). The number of hydrogen-bond donors (Lipinski definition) is 2. The van der Waals surface area contributed by atoms with E-state index in [4.69, 9.17) is 10.5 Å². The lowest BCUT2D eigenvalue weighted by molar-refractivity contribution is 0.0698. The van der Waals surface area contributed by atoms with Crippen LogP contribution in [0.3, 0.4) is 0 Å². The number of carbonyl (C=O) groups is 1. The number of hydrogen-bond acceptors (Lipinski definition) is 4. The largest absolute Gasteiger partial charge is 0.398 e. The highest BCUT2D eigenvalue weighted by atomic mass is 32.1. The Labute approximate surface area is 98.8 Å². The molecule has 2 heterocycles. The molecule has 0 aliphatic carbocycles. The summed E-state index contributed by atoms with van der Waals surface area (Å²) in [6.45, 7) is 3.39. The van der Waals surface area contributed by atoms with E-state index in [1.807, 2.05) is 6.92 Å². The first-order valence-electron chi connectivity index (χ1n) is 5.41. The molecule has 16 heavy (non-hydrogen) atoms. The van der Waals surface area contributed by atoms with Gasteiger partial charge >= 0.3 is 0 Å². The van der Waals surface area contributed by atoms with Gasteiger partial charge in [-0.25, -0.2) is 0 Å². The fraction of sp³-hybridized carbons (Fsp3) is 0.545. The molecule has 0 saturated carbocycles. The van der Waals surface area contributed by atoms with Crippen molar-refractivity contribution >= 4 is 22.9 Å². The summed E-state index contributed by atoms with van der Waals surface area (Å²) in [6, 6.07) is 1.99. The van der Waals surface area contributed by atoms with Crippen molar-refractivity contribution in [1.82, 2.24) is 5.32 Å². The molecule has 0 bridgehead atoms. The summed E-state index contributed by atoms with van der Waals surface area (Å²) in [6.07, 6.45) is 1.79. The zero-order valence-electron chi connectivity index (χ0n) is 9.29. The molecule has 0 unspecified atom stereocenters. The van der Waals surface area contributed by atoms with Gasteiger partial charge in [0.25, 0.3) is 5.91 Å². The van der Waals surface area contributed by atoms with Crippen LogP contribution in [0, 0.1) is 6.92 Å². The number of nitrogens with one attached hydrogen (secondary N) is 1. The summed E-state index contributed by atoms with van der Waals surface area (Å²) >= 11 is 1.44. The molecule has 0 radical (unpaired) electrons. The Balaban J connectivity index is 1.96. The molecule has 0 atom stereocenters. The summed E-state index contributed by atoms with van der Waals surface area (Å²) in [5.74, 6) is -0.0169. The van der Waals surface area contributed by atoms with Gasteiger partial charge in [-0.15, -0.1) is 11.3 Å². The van der Waals surface area contributed by atoms with Crippen molar-refractivity contribution < 1.29 is 9.53 Å². The van der Waals surface area contributed by atoms with Crippen LogP contribution in [0.5, 0.6) is 0 Å². The summed E-state index contributed by atoms with van der Waals surface area (Å²) in [4.78, 5) is 13.6. The molecule has 4 nitrogen and oxygen atoms in total. The Morgan fingerprint density at radius 3 is 2.81 bits per heavy atom. The molecule has 1 saturated heterocycles. The second-order valence-corrected chi connectivity index (χ2v) is 5.24. The van der Waals surface area contributed by atoms with Gasteiger partial charge in [0.15, 0.2) is 0 Å². The van der Waals surface area contributed by atoms with Gasteiger partial charge in [0, 0.05) is 29.8 Å². The van der Waals surface area contributed by atoms with Gasteiger partial charge in [0.05, 0.1) is 4.88 Å². The van der Waals surface area contributed by atoms with E-state index in [9.17, 15) is 4.79 Å². The van der Waals surface area contributed by atoms with E-state index in [-0.39, 0.29) is 11.9 Å². The number of carbonyl (C=O) groups excluding carboxylic acids is 1. The first-order valence-corrected chi connectivity index (χ1v) is 6.23. The molecule has 5 heteroatoms. The predicted molar refractivity (Wildman–Crippen MR) is 64.8 cm³/mol. The van der Waals surface area contributed by atoms with Crippen molar-refractivity contribution in [3.63, 3.8) is 0 Å². The Kier molecular flexibility index (Phi) is 3.46. The fourth-order valence-electron chi connectivity index (χ4n) is 1.71. The van der Waals surface area contributed by atoms with Crippen LogP contribution >= 0.6 is 11.3 Å². The predicted octanol–water partition coefficient (Wildman–Crippen LogP) is 1.55. The maximum atomic E-state index is 11.9. The highest BCUT2D eigenvalue weighted by molar-refractivity contribution is 7.14. The molecule has 1 aromatic heterocycles. The molecule has 1 fully saturated rings. The zero-order chi connectivity index (χ0) is 11.5. The molecule has 1 aromatic rings. The highest BCUT2D eigenvalue weighted by Crippen LogP contribution is 2.23. The van der Waals surface area contributed by atoms with E-state index in [0.717, 1.165) is 30.9 Å². The van der Waals surface area contributed by atoms with Crippen LogP contribution in [0.15, 0.2) is 6.07 Å². The molecular formula is C11H16N2O2S. The molecule has 2 rings (SSSR count). The van der Waals surface area contributed by atoms with Crippen LogP contribution in [0.25, 0.3) is 0 Å². The van der Waals surface area contributed by atoms with Crippen LogP contribution in [0.4, 0.5) is 5.69 Å². The molecule has 3 N–H and O–H groups in total. The second kappa shape index (κ2) is 4.84. The summed E-state index contributed by atoms with van der Waals surface area (Å²) in [5.41, 5.74) is 6.42. The monoisotopic (exact) mass is 240 g/mol. The Morgan fingerprint density at radius 1 is 1.56 bits per heavy atom. The summed E-state index contributed by atoms with van der Waals surface area (Å²) < 4.78 is 5.24. The number of thiophene rings is 1. The molecule has 0 aromatic carbocycles. The number of anilines is 1. The minimum atomic E-state index is -0.0169. The van der Waals surface area contributed by atoms with E-state index in [2.05, 4.69) is 5.32 Å². The smallest absolute Gasteiger partial charge is 0.261 e. The second-order valence-electron chi connectivity index (χ2n) is 3.98. The third kappa shape index (κ3) is 2.54. The van der Waals surface area contributed by atoms with E-state index < -0.39 is 0 Å². The van der Waals surface area contributed by atoms with Crippen LogP contribution in [0.2, 0.25) is 0 Å². The van der Waals surface area contributed by atoms with Crippen molar-refractivity contribution in [2.45, 2.75) is 25.8 Å². The van der Waals surface area contributed by atoms with E-state index in [1.54, 1.807) is 6.07 Å². The highest BCUT2D eigenvalue weighted by Gasteiger charge is 2.18. The normalized spacial score (nSPS) is 17.3. The van der Waals surface area contributed by atoms with E-state index in [0.29, 0.717) is 10.6 Å². The van der Waals surface area contributed by atoms with Gasteiger partial charge in [0.1, 0.15) is 0 Å². The number of ether oxygens (including phenoxy) is 1. The quantitative estimate of drug-likeness (QED) is 0.824. The average Bonchev–Trinajstić information content (AvgIpc) is 2.61. The lowest BCUT2D eigenvalue weighted by Gasteiger charge is -2.22. The van der Waals surface area contributed by atoms with Gasteiger partial charge in [-0.2, -0.15) is 0 Å². The van der Waals surface area contributed by atoms with Gasteiger partial charge in [-0.1, -0.05) is 0 Å². The molecule has 0 spiro atoms. The number of nitrogens with two attached hydrogens (primary N) is 1. The molecule has 1 aliphatic rings. The molecule has 1 amide bonds. The van der Waals surface area contributed by atoms with Gasteiger partial charge in [-0.05, 0) is 25.8 Å². The first-order chi connectivity index (χ1) is 7.66. The maximum Gasteiger partial charge on any atom is 0.261 e. The van der Waals surface area contributed by atoms with Crippen LogP contribution in [-0.2, 0) is 4.74 Å². The zero-order valence-corrected chi connectivity index (χ0v) is 10.1. The number of rotatable bonds is 2. The van der Waals surface area contributed by atoms with Gasteiger partial charge in [0.2, 0.25) is 0 Å². The molecular weight excluding hydrogens is 224 g/mol. The van der Waals surface area contributed by atoms with Gasteiger partial charge in [-0.3, -0.25) is 4.79 Å². The lowest BCUT2D eigenvalue weighted by atomic mass is 10.1.